The average molecular weight is 275 g/mol. The summed E-state index contributed by atoms with van der Waals surface area (Å²) in [7, 11) is 2.18. The van der Waals surface area contributed by atoms with E-state index in [0.717, 1.165) is 5.92 Å². The van der Waals surface area contributed by atoms with E-state index in [1.54, 1.807) is 11.3 Å². The van der Waals surface area contributed by atoms with Crippen LogP contribution in [-0.4, -0.2) is 26.7 Å². The van der Waals surface area contributed by atoms with Gasteiger partial charge in [0.05, 0.1) is 5.00 Å². The maximum Gasteiger partial charge on any atom is 0.0917 e. The van der Waals surface area contributed by atoms with Crippen molar-refractivity contribution in [3.63, 3.8) is 0 Å². The number of thiophene rings is 1. The molecule has 1 N–H and O–H groups in total. The molecule has 0 spiro atoms. The Balaban J connectivity index is 1.91. The molecule has 2 nitrogen and oxygen atoms in total. The predicted octanol–water partition coefficient (Wildman–Crippen LogP) is 2.56. The van der Waals surface area contributed by atoms with Gasteiger partial charge in [-0.2, -0.15) is 0 Å². The third-order valence-electron chi connectivity index (χ3n) is 2.62. The molecule has 1 unspecified atom stereocenters. The summed E-state index contributed by atoms with van der Waals surface area (Å²) in [5.74, 6) is 0.820. The van der Waals surface area contributed by atoms with Crippen molar-refractivity contribution in [3.05, 3.63) is 15.9 Å². The Hall–Kier alpha value is -0.0600. The van der Waals surface area contributed by atoms with Gasteiger partial charge in [-0.1, -0.05) is 0 Å². The zero-order valence-corrected chi connectivity index (χ0v) is 10.7. The lowest BCUT2D eigenvalue weighted by molar-refractivity contribution is 0.580. The summed E-state index contributed by atoms with van der Waals surface area (Å²) in [5.41, 5.74) is 0. The monoisotopic (exact) mass is 274 g/mol. The molecule has 1 aliphatic rings. The van der Waals surface area contributed by atoms with Crippen LogP contribution in [0.5, 0.6) is 0 Å². The molecule has 0 saturated carbocycles. The average Bonchev–Trinajstić information content (AvgIpc) is 2.75. The van der Waals surface area contributed by atoms with Gasteiger partial charge in [-0.05, 0) is 47.4 Å². The second kappa shape index (κ2) is 4.64. The minimum Gasteiger partial charge on any atom is -0.366 e. The van der Waals surface area contributed by atoms with E-state index in [-0.39, 0.29) is 0 Å². The molecule has 14 heavy (non-hydrogen) atoms. The van der Waals surface area contributed by atoms with Crippen LogP contribution in [0.2, 0.25) is 0 Å². The highest BCUT2D eigenvalue weighted by molar-refractivity contribution is 9.10. The number of hydrogen-bond donors (Lipinski definition) is 1. The number of hydrogen-bond acceptors (Lipinski definition) is 3. The highest BCUT2D eigenvalue weighted by atomic mass is 79.9. The topological polar surface area (TPSA) is 15.3 Å². The van der Waals surface area contributed by atoms with Gasteiger partial charge in [-0.25, -0.2) is 0 Å². The van der Waals surface area contributed by atoms with Crippen molar-refractivity contribution in [1.29, 1.82) is 0 Å². The summed E-state index contributed by atoms with van der Waals surface area (Å²) < 4.78 is 1.19. The number of rotatable bonds is 3. The van der Waals surface area contributed by atoms with Gasteiger partial charge in [0.25, 0.3) is 0 Å². The Bertz CT molecular complexity index is 294. The Labute approximate surface area is 97.4 Å². The molecule has 0 amide bonds. The van der Waals surface area contributed by atoms with Crippen molar-refractivity contribution in [3.8, 4) is 0 Å². The molecule has 4 heteroatoms. The van der Waals surface area contributed by atoms with Crippen LogP contribution in [0.15, 0.2) is 15.9 Å². The van der Waals surface area contributed by atoms with E-state index in [4.69, 9.17) is 0 Å². The van der Waals surface area contributed by atoms with Crippen molar-refractivity contribution >= 4 is 32.3 Å². The number of anilines is 1. The van der Waals surface area contributed by atoms with Crippen molar-refractivity contribution < 1.29 is 0 Å². The van der Waals surface area contributed by atoms with E-state index in [9.17, 15) is 0 Å². The van der Waals surface area contributed by atoms with Crippen molar-refractivity contribution in [2.75, 3.05) is 31.6 Å². The molecule has 1 aliphatic heterocycles. The van der Waals surface area contributed by atoms with Crippen LogP contribution < -0.4 is 10.2 Å². The van der Waals surface area contributed by atoms with Gasteiger partial charge >= 0.3 is 0 Å². The molecule has 0 radical (unpaired) electrons. The van der Waals surface area contributed by atoms with Crippen LogP contribution in [0.1, 0.15) is 6.42 Å². The van der Waals surface area contributed by atoms with Crippen LogP contribution in [0.25, 0.3) is 0 Å². The Kier molecular flexibility index (Phi) is 3.47. The lowest BCUT2D eigenvalue weighted by Crippen LogP contribution is -2.25. The van der Waals surface area contributed by atoms with Crippen LogP contribution in [0, 0.1) is 5.92 Å². The highest BCUT2D eigenvalue weighted by Gasteiger charge is 2.16. The minimum absolute atomic E-state index is 0.820. The third kappa shape index (κ3) is 2.49. The van der Waals surface area contributed by atoms with Gasteiger partial charge in [0.1, 0.15) is 0 Å². The van der Waals surface area contributed by atoms with Crippen LogP contribution >= 0.6 is 27.3 Å². The minimum atomic E-state index is 0.820. The largest absolute Gasteiger partial charge is 0.366 e. The molecule has 1 aromatic heterocycles. The first kappa shape index (κ1) is 10.5. The SMILES string of the molecule is CN(CC1CCNC1)c1cc(Br)cs1. The number of nitrogens with zero attached hydrogens (tertiary/aromatic N) is 1. The van der Waals surface area contributed by atoms with Crippen LogP contribution in [0.4, 0.5) is 5.00 Å². The second-order valence-corrected chi connectivity index (χ2v) is 5.65. The fraction of sp³-hybridized carbons (Fsp3) is 0.600. The molecule has 1 fully saturated rings. The number of halogens is 1. The van der Waals surface area contributed by atoms with E-state index in [0.29, 0.717) is 0 Å². The van der Waals surface area contributed by atoms with Crippen LogP contribution in [0.3, 0.4) is 0 Å². The molecule has 1 atom stereocenters. The van der Waals surface area contributed by atoms with Crippen molar-refractivity contribution in [2.45, 2.75) is 6.42 Å². The van der Waals surface area contributed by atoms with Crippen LogP contribution in [-0.2, 0) is 0 Å². The molecular formula is C10H15BrN2S. The highest BCUT2D eigenvalue weighted by Crippen LogP contribution is 2.28. The maximum absolute atomic E-state index is 3.48. The predicted molar refractivity (Wildman–Crippen MR) is 66.3 cm³/mol. The smallest absolute Gasteiger partial charge is 0.0917 e. The van der Waals surface area contributed by atoms with Gasteiger partial charge in [0, 0.05) is 23.4 Å². The summed E-state index contributed by atoms with van der Waals surface area (Å²) in [5, 5.41) is 6.89. The first-order chi connectivity index (χ1) is 6.75. The van der Waals surface area contributed by atoms with Gasteiger partial charge in [-0.3, -0.25) is 0 Å². The summed E-state index contributed by atoms with van der Waals surface area (Å²) in [6.07, 6.45) is 1.32. The summed E-state index contributed by atoms with van der Waals surface area (Å²) in [6, 6.07) is 2.19. The molecule has 1 saturated heterocycles. The molecule has 1 aromatic rings. The fourth-order valence-corrected chi connectivity index (χ4v) is 3.25. The van der Waals surface area contributed by atoms with E-state index >= 15 is 0 Å². The standard InChI is InChI=1S/C10H15BrN2S/c1-13(6-8-2-3-12-5-8)10-4-9(11)7-14-10/h4,7-8,12H,2-3,5-6H2,1H3. The summed E-state index contributed by atoms with van der Waals surface area (Å²) in [4.78, 5) is 2.35. The van der Waals surface area contributed by atoms with Gasteiger partial charge in [-0.15, -0.1) is 11.3 Å². The Morgan fingerprint density at radius 2 is 2.57 bits per heavy atom. The van der Waals surface area contributed by atoms with Gasteiger partial charge < -0.3 is 10.2 Å². The van der Waals surface area contributed by atoms with Crippen molar-refractivity contribution in [1.82, 2.24) is 5.32 Å². The Morgan fingerprint density at radius 1 is 1.71 bits per heavy atom. The van der Waals surface area contributed by atoms with Gasteiger partial charge in [0.2, 0.25) is 0 Å². The Morgan fingerprint density at radius 3 is 3.14 bits per heavy atom. The molecule has 2 heterocycles. The second-order valence-electron chi connectivity index (χ2n) is 3.84. The lowest BCUT2D eigenvalue weighted by atomic mass is 10.1. The molecule has 2 rings (SSSR count). The molecule has 0 aromatic carbocycles. The molecule has 78 valence electrons. The first-order valence-electron chi connectivity index (χ1n) is 4.91. The van der Waals surface area contributed by atoms with E-state index in [2.05, 4.69) is 44.6 Å². The van der Waals surface area contributed by atoms with Crippen molar-refractivity contribution in [2.24, 2.45) is 5.92 Å². The quantitative estimate of drug-likeness (QED) is 0.912. The normalized spacial score (nSPS) is 21.4. The summed E-state index contributed by atoms with van der Waals surface area (Å²) >= 11 is 5.28. The molecule has 0 aliphatic carbocycles. The fourth-order valence-electron chi connectivity index (χ4n) is 1.85. The van der Waals surface area contributed by atoms with E-state index < -0.39 is 0 Å². The summed E-state index contributed by atoms with van der Waals surface area (Å²) in [6.45, 7) is 3.53. The van der Waals surface area contributed by atoms with E-state index in [1.807, 2.05) is 0 Å². The zero-order valence-electron chi connectivity index (χ0n) is 8.29. The maximum atomic E-state index is 3.48. The zero-order chi connectivity index (χ0) is 9.97. The molecule has 0 bridgehead atoms. The third-order valence-corrected chi connectivity index (χ3v) is 4.43. The number of nitrogens with one attached hydrogen (secondary N) is 1. The molecular weight excluding hydrogens is 260 g/mol. The van der Waals surface area contributed by atoms with E-state index in [1.165, 1.54) is 35.5 Å². The van der Waals surface area contributed by atoms with Gasteiger partial charge in [0.15, 0.2) is 0 Å². The first-order valence-corrected chi connectivity index (χ1v) is 6.59. The lowest BCUT2D eigenvalue weighted by Gasteiger charge is -2.20.